The highest BCUT2D eigenvalue weighted by Crippen LogP contribution is 2.31. The molecule has 1 aromatic rings. The van der Waals surface area contributed by atoms with Crippen molar-refractivity contribution in [2.45, 2.75) is 18.9 Å². The van der Waals surface area contributed by atoms with Crippen LogP contribution in [0, 0.1) is 10.1 Å². The van der Waals surface area contributed by atoms with Crippen LogP contribution in [0.4, 0.5) is 17.1 Å². The fourth-order valence-corrected chi connectivity index (χ4v) is 1.27. The second kappa shape index (κ2) is 3.17. The van der Waals surface area contributed by atoms with Gasteiger partial charge in [0.05, 0.1) is 4.92 Å². The SMILES string of the molecule is Nc1ccc(NC2CC2)c([N+](=O)[O-])c1. The topological polar surface area (TPSA) is 81.2 Å². The molecular weight excluding hydrogens is 182 g/mol. The predicted molar refractivity (Wildman–Crippen MR) is 54.2 cm³/mol. The van der Waals surface area contributed by atoms with Gasteiger partial charge < -0.3 is 11.1 Å². The number of nitro benzene ring substituents is 1. The maximum absolute atomic E-state index is 10.7. The third kappa shape index (κ3) is 1.76. The fourth-order valence-electron chi connectivity index (χ4n) is 1.27. The quantitative estimate of drug-likeness (QED) is 0.435. The minimum absolute atomic E-state index is 0.0527. The molecule has 0 spiro atoms. The molecule has 0 radical (unpaired) electrons. The monoisotopic (exact) mass is 193 g/mol. The summed E-state index contributed by atoms with van der Waals surface area (Å²) in [4.78, 5) is 10.3. The second-order valence-corrected chi connectivity index (χ2v) is 3.45. The third-order valence-electron chi connectivity index (χ3n) is 2.16. The van der Waals surface area contributed by atoms with Crippen molar-refractivity contribution in [1.82, 2.24) is 0 Å². The molecule has 14 heavy (non-hydrogen) atoms. The van der Waals surface area contributed by atoms with Gasteiger partial charge >= 0.3 is 0 Å². The van der Waals surface area contributed by atoms with E-state index in [0.29, 0.717) is 17.4 Å². The third-order valence-corrected chi connectivity index (χ3v) is 2.16. The summed E-state index contributed by atoms with van der Waals surface area (Å²) < 4.78 is 0. The molecule has 0 heterocycles. The lowest BCUT2D eigenvalue weighted by molar-refractivity contribution is -0.383. The van der Waals surface area contributed by atoms with E-state index in [1.807, 2.05) is 0 Å². The lowest BCUT2D eigenvalue weighted by atomic mass is 10.2. The zero-order chi connectivity index (χ0) is 10.1. The van der Waals surface area contributed by atoms with Gasteiger partial charge in [0.1, 0.15) is 5.69 Å². The molecule has 1 saturated carbocycles. The molecule has 1 aliphatic carbocycles. The average molecular weight is 193 g/mol. The number of nitrogen functional groups attached to an aromatic ring is 1. The first-order valence-corrected chi connectivity index (χ1v) is 4.47. The molecule has 0 saturated heterocycles. The summed E-state index contributed by atoms with van der Waals surface area (Å²) in [5.74, 6) is 0. The standard InChI is InChI=1S/C9H11N3O2/c10-6-1-4-8(11-7-2-3-7)9(5-6)12(13)14/h1,4-5,7,11H,2-3,10H2. The average Bonchev–Trinajstić information content (AvgIpc) is 2.91. The molecule has 2 rings (SSSR count). The lowest BCUT2D eigenvalue weighted by Gasteiger charge is -2.05. The largest absolute Gasteiger partial charge is 0.399 e. The molecule has 1 aliphatic rings. The number of nitrogens with one attached hydrogen (secondary N) is 1. The molecule has 0 aromatic heterocycles. The lowest BCUT2D eigenvalue weighted by Crippen LogP contribution is -2.04. The van der Waals surface area contributed by atoms with Gasteiger partial charge in [0.25, 0.3) is 5.69 Å². The molecule has 0 atom stereocenters. The Labute approximate surface area is 81.1 Å². The number of nitro groups is 1. The Bertz CT molecular complexity index is 374. The van der Waals surface area contributed by atoms with E-state index in [1.54, 1.807) is 12.1 Å². The van der Waals surface area contributed by atoms with Gasteiger partial charge in [-0.25, -0.2) is 0 Å². The smallest absolute Gasteiger partial charge is 0.294 e. The predicted octanol–water partition coefficient (Wildman–Crippen LogP) is 1.75. The van der Waals surface area contributed by atoms with E-state index >= 15 is 0 Å². The van der Waals surface area contributed by atoms with E-state index in [9.17, 15) is 10.1 Å². The van der Waals surface area contributed by atoms with Gasteiger partial charge in [-0.15, -0.1) is 0 Å². The van der Waals surface area contributed by atoms with Crippen LogP contribution >= 0.6 is 0 Å². The summed E-state index contributed by atoms with van der Waals surface area (Å²) in [5.41, 5.74) is 6.51. The van der Waals surface area contributed by atoms with Crippen LogP contribution < -0.4 is 11.1 Å². The van der Waals surface area contributed by atoms with Gasteiger partial charge in [-0.3, -0.25) is 10.1 Å². The van der Waals surface area contributed by atoms with Crippen LogP contribution in [-0.2, 0) is 0 Å². The van der Waals surface area contributed by atoms with Crippen LogP contribution in [0.25, 0.3) is 0 Å². The summed E-state index contributed by atoms with van der Waals surface area (Å²) in [5, 5.41) is 13.8. The molecule has 0 bridgehead atoms. The zero-order valence-corrected chi connectivity index (χ0v) is 7.56. The van der Waals surface area contributed by atoms with E-state index in [1.165, 1.54) is 6.07 Å². The summed E-state index contributed by atoms with van der Waals surface area (Å²) in [6, 6.07) is 5.10. The number of rotatable bonds is 3. The maximum atomic E-state index is 10.7. The Balaban J connectivity index is 2.31. The molecule has 0 aliphatic heterocycles. The van der Waals surface area contributed by atoms with Gasteiger partial charge in [0, 0.05) is 17.8 Å². The fraction of sp³-hybridized carbons (Fsp3) is 0.333. The van der Waals surface area contributed by atoms with Gasteiger partial charge in [-0.2, -0.15) is 0 Å². The summed E-state index contributed by atoms with van der Waals surface area (Å²) >= 11 is 0. The summed E-state index contributed by atoms with van der Waals surface area (Å²) in [6.07, 6.45) is 2.17. The number of nitrogens with zero attached hydrogens (tertiary/aromatic N) is 1. The highest BCUT2D eigenvalue weighted by molar-refractivity contribution is 5.67. The van der Waals surface area contributed by atoms with E-state index < -0.39 is 4.92 Å². The number of nitrogens with two attached hydrogens (primary N) is 1. The maximum Gasteiger partial charge on any atom is 0.294 e. The molecule has 3 N–H and O–H groups in total. The molecule has 0 amide bonds. The van der Waals surface area contributed by atoms with Crippen molar-refractivity contribution in [2.75, 3.05) is 11.1 Å². The van der Waals surface area contributed by atoms with E-state index in [2.05, 4.69) is 5.32 Å². The molecule has 5 heteroatoms. The second-order valence-electron chi connectivity index (χ2n) is 3.45. The Morgan fingerprint density at radius 2 is 2.21 bits per heavy atom. The number of hydrogen-bond acceptors (Lipinski definition) is 4. The highest BCUT2D eigenvalue weighted by atomic mass is 16.6. The highest BCUT2D eigenvalue weighted by Gasteiger charge is 2.24. The van der Waals surface area contributed by atoms with E-state index in [4.69, 9.17) is 5.73 Å². The first kappa shape index (κ1) is 8.80. The van der Waals surface area contributed by atoms with Crippen molar-refractivity contribution in [3.63, 3.8) is 0 Å². The molecule has 0 unspecified atom stereocenters. The van der Waals surface area contributed by atoms with Gasteiger partial charge in [-0.05, 0) is 25.0 Å². The Hall–Kier alpha value is -1.78. The van der Waals surface area contributed by atoms with Crippen LogP contribution in [0.2, 0.25) is 0 Å². The van der Waals surface area contributed by atoms with Crippen molar-refractivity contribution in [2.24, 2.45) is 0 Å². The van der Waals surface area contributed by atoms with Crippen LogP contribution in [0.3, 0.4) is 0 Å². The van der Waals surface area contributed by atoms with Crippen LogP contribution in [0.5, 0.6) is 0 Å². The first-order chi connectivity index (χ1) is 6.66. The molecule has 74 valence electrons. The number of hydrogen-bond donors (Lipinski definition) is 2. The molecule has 5 nitrogen and oxygen atoms in total. The van der Waals surface area contributed by atoms with Crippen LogP contribution in [0.1, 0.15) is 12.8 Å². The van der Waals surface area contributed by atoms with Crippen LogP contribution in [0.15, 0.2) is 18.2 Å². The molecule has 1 fully saturated rings. The van der Waals surface area contributed by atoms with Crippen molar-refractivity contribution in [3.05, 3.63) is 28.3 Å². The van der Waals surface area contributed by atoms with Gasteiger partial charge in [0.2, 0.25) is 0 Å². The van der Waals surface area contributed by atoms with Crippen molar-refractivity contribution in [3.8, 4) is 0 Å². The molecular formula is C9H11N3O2. The van der Waals surface area contributed by atoms with Gasteiger partial charge in [-0.1, -0.05) is 0 Å². The molecule has 1 aromatic carbocycles. The Morgan fingerprint density at radius 3 is 2.79 bits per heavy atom. The number of benzene rings is 1. The van der Waals surface area contributed by atoms with E-state index in [-0.39, 0.29) is 5.69 Å². The van der Waals surface area contributed by atoms with Gasteiger partial charge in [0.15, 0.2) is 0 Å². The summed E-state index contributed by atoms with van der Waals surface area (Å²) in [7, 11) is 0. The van der Waals surface area contributed by atoms with Crippen molar-refractivity contribution in [1.29, 1.82) is 0 Å². The normalized spacial score (nSPS) is 15.1. The first-order valence-electron chi connectivity index (χ1n) is 4.47. The van der Waals surface area contributed by atoms with Crippen molar-refractivity contribution >= 4 is 17.1 Å². The zero-order valence-electron chi connectivity index (χ0n) is 7.56. The van der Waals surface area contributed by atoms with Crippen molar-refractivity contribution < 1.29 is 4.92 Å². The summed E-state index contributed by atoms with van der Waals surface area (Å²) in [6.45, 7) is 0. The Morgan fingerprint density at radius 1 is 1.50 bits per heavy atom. The number of anilines is 2. The van der Waals surface area contributed by atoms with E-state index in [0.717, 1.165) is 12.8 Å². The Kier molecular flexibility index (Phi) is 1.99. The minimum atomic E-state index is -0.416. The minimum Gasteiger partial charge on any atom is -0.399 e. The van der Waals surface area contributed by atoms with Crippen LogP contribution in [-0.4, -0.2) is 11.0 Å².